The predicted octanol–water partition coefficient (Wildman–Crippen LogP) is 3.08. The molecule has 6 heteroatoms. The highest BCUT2D eigenvalue weighted by atomic mass is 16.5. The van der Waals surface area contributed by atoms with Gasteiger partial charge in [0.25, 0.3) is 11.8 Å². The van der Waals surface area contributed by atoms with Gasteiger partial charge in [0.2, 0.25) is 0 Å². The molecule has 0 aromatic heterocycles. The molecule has 4 rings (SSSR count). The fraction of sp³-hybridized carbons (Fsp3) is 0.304. The molecule has 1 fully saturated rings. The SMILES string of the molecule is COc1ccc(CN2C(=O)C(c3ccccc3OC)=C(N3CCCC3)C2=O)cc1. The smallest absolute Gasteiger partial charge is 0.278 e. The highest BCUT2D eigenvalue weighted by Crippen LogP contribution is 2.37. The van der Waals surface area contributed by atoms with E-state index in [0.717, 1.165) is 37.2 Å². The van der Waals surface area contributed by atoms with Crippen LogP contribution >= 0.6 is 0 Å². The molecule has 2 amide bonds. The Morgan fingerprint density at radius 3 is 2.21 bits per heavy atom. The van der Waals surface area contributed by atoms with E-state index < -0.39 is 0 Å². The zero-order valence-electron chi connectivity index (χ0n) is 16.7. The summed E-state index contributed by atoms with van der Waals surface area (Å²) in [4.78, 5) is 30.1. The summed E-state index contributed by atoms with van der Waals surface area (Å²) in [6.45, 7) is 1.78. The molecule has 0 radical (unpaired) electrons. The van der Waals surface area contributed by atoms with Gasteiger partial charge >= 0.3 is 0 Å². The number of likely N-dealkylation sites (tertiary alicyclic amines) is 1. The largest absolute Gasteiger partial charge is 0.497 e. The Kier molecular flexibility index (Phi) is 5.25. The lowest BCUT2D eigenvalue weighted by Gasteiger charge is -2.20. The van der Waals surface area contributed by atoms with Crippen LogP contribution in [-0.2, 0) is 16.1 Å². The van der Waals surface area contributed by atoms with E-state index in [-0.39, 0.29) is 18.4 Å². The summed E-state index contributed by atoms with van der Waals surface area (Å²) in [6, 6.07) is 14.8. The van der Waals surface area contributed by atoms with E-state index in [4.69, 9.17) is 9.47 Å². The second-order valence-electron chi connectivity index (χ2n) is 7.16. The molecule has 0 atom stereocenters. The Hall–Kier alpha value is -3.28. The lowest BCUT2D eigenvalue weighted by Crippen LogP contribution is -2.34. The Morgan fingerprint density at radius 1 is 0.862 bits per heavy atom. The lowest BCUT2D eigenvalue weighted by molar-refractivity contribution is -0.138. The van der Waals surface area contributed by atoms with Crippen LogP contribution in [0.25, 0.3) is 5.57 Å². The van der Waals surface area contributed by atoms with Crippen molar-refractivity contribution >= 4 is 17.4 Å². The van der Waals surface area contributed by atoms with Crippen molar-refractivity contribution in [1.82, 2.24) is 9.80 Å². The Bertz CT molecular complexity index is 959. The van der Waals surface area contributed by atoms with Gasteiger partial charge in [-0.2, -0.15) is 0 Å². The number of methoxy groups -OCH3 is 2. The standard InChI is InChI=1S/C23H24N2O4/c1-28-17-11-9-16(10-12-17)15-25-22(26)20(18-7-3-4-8-19(18)29-2)21(23(25)27)24-13-5-6-14-24/h3-4,7-12H,5-6,13-15H2,1-2H3. The Morgan fingerprint density at radius 2 is 1.55 bits per heavy atom. The molecular formula is C23H24N2O4. The molecule has 0 N–H and O–H groups in total. The summed E-state index contributed by atoms with van der Waals surface area (Å²) >= 11 is 0. The zero-order chi connectivity index (χ0) is 20.4. The van der Waals surface area contributed by atoms with Gasteiger partial charge in [-0.05, 0) is 36.6 Å². The molecule has 2 aromatic rings. The van der Waals surface area contributed by atoms with Gasteiger partial charge in [-0.15, -0.1) is 0 Å². The molecule has 0 saturated carbocycles. The van der Waals surface area contributed by atoms with Crippen LogP contribution in [0.1, 0.15) is 24.0 Å². The van der Waals surface area contributed by atoms with Crippen LogP contribution in [0.2, 0.25) is 0 Å². The van der Waals surface area contributed by atoms with E-state index in [1.807, 2.05) is 53.4 Å². The lowest BCUT2D eigenvalue weighted by atomic mass is 10.0. The summed E-state index contributed by atoms with van der Waals surface area (Å²) in [5.41, 5.74) is 2.45. The fourth-order valence-corrected chi connectivity index (χ4v) is 3.95. The molecule has 2 aliphatic rings. The first kappa shape index (κ1) is 19.1. The molecule has 2 heterocycles. The van der Waals surface area contributed by atoms with Crippen molar-refractivity contribution in [2.24, 2.45) is 0 Å². The number of nitrogens with zero attached hydrogens (tertiary/aromatic N) is 2. The molecule has 150 valence electrons. The van der Waals surface area contributed by atoms with Crippen LogP contribution in [-0.4, -0.2) is 48.9 Å². The van der Waals surface area contributed by atoms with Crippen LogP contribution in [0.5, 0.6) is 11.5 Å². The van der Waals surface area contributed by atoms with Crippen LogP contribution in [0.3, 0.4) is 0 Å². The molecular weight excluding hydrogens is 368 g/mol. The maximum Gasteiger partial charge on any atom is 0.278 e. The summed E-state index contributed by atoms with van der Waals surface area (Å²) in [6.07, 6.45) is 2.03. The number of hydrogen-bond donors (Lipinski definition) is 0. The molecule has 0 aliphatic carbocycles. The number of imide groups is 1. The first-order valence-corrected chi connectivity index (χ1v) is 9.75. The molecule has 0 unspecified atom stereocenters. The second-order valence-corrected chi connectivity index (χ2v) is 7.16. The fourth-order valence-electron chi connectivity index (χ4n) is 3.95. The quantitative estimate of drug-likeness (QED) is 0.707. The molecule has 0 bridgehead atoms. The highest BCUT2D eigenvalue weighted by Gasteiger charge is 2.42. The van der Waals surface area contributed by atoms with Crippen molar-refractivity contribution in [1.29, 1.82) is 0 Å². The molecule has 6 nitrogen and oxygen atoms in total. The van der Waals surface area contributed by atoms with Crippen molar-refractivity contribution in [3.63, 3.8) is 0 Å². The van der Waals surface area contributed by atoms with Gasteiger partial charge in [0.05, 0.1) is 26.3 Å². The van der Waals surface area contributed by atoms with E-state index in [0.29, 0.717) is 22.6 Å². The van der Waals surface area contributed by atoms with E-state index in [1.54, 1.807) is 14.2 Å². The van der Waals surface area contributed by atoms with Gasteiger partial charge in [0.1, 0.15) is 17.2 Å². The monoisotopic (exact) mass is 392 g/mol. The van der Waals surface area contributed by atoms with Crippen LogP contribution in [0, 0.1) is 0 Å². The minimum Gasteiger partial charge on any atom is -0.497 e. The van der Waals surface area contributed by atoms with Gasteiger partial charge in [-0.1, -0.05) is 30.3 Å². The first-order chi connectivity index (χ1) is 14.1. The molecule has 2 aliphatic heterocycles. The summed E-state index contributed by atoms with van der Waals surface area (Å²) < 4.78 is 10.7. The number of carbonyl (C=O) groups excluding carboxylic acids is 2. The zero-order valence-corrected chi connectivity index (χ0v) is 16.7. The Balaban J connectivity index is 1.73. The van der Waals surface area contributed by atoms with Crippen LogP contribution in [0.15, 0.2) is 54.2 Å². The van der Waals surface area contributed by atoms with Gasteiger partial charge in [0, 0.05) is 18.7 Å². The Labute approximate surface area is 170 Å². The van der Waals surface area contributed by atoms with E-state index in [1.165, 1.54) is 4.90 Å². The minimum atomic E-state index is -0.280. The summed E-state index contributed by atoms with van der Waals surface area (Å²) in [5.74, 6) is 0.802. The van der Waals surface area contributed by atoms with Gasteiger partial charge in [-0.3, -0.25) is 14.5 Å². The number of rotatable bonds is 6. The third kappa shape index (κ3) is 3.46. The van der Waals surface area contributed by atoms with Crippen molar-refractivity contribution in [2.75, 3.05) is 27.3 Å². The third-order valence-corrected chi connectivity index (χ3v) is 5.44. The molecule has 0 spiro atoms. The van der Waals surface area contributed by atoms with E-state index in [9.17, 15) is 9.59 Å². The number of amides is 2. The maximum atomic E-state index is 13.4. The van der Waals surface area contributed by atoms with Gasteiger partial charge in [-0.25, -0.2) is 0 Å². The summed E-state index contributed by atoms with van der Waals surface area (Å²) in [7, 11) is 3.18. The maximum absolute atomic E-state index is 13.4. The topological polar surface area (TPSA) is 59.1 Å². The minimum absolute atomic E-state index is 0.220. The number of carbonyl (C=O) groups is 2. The highest BCUT2D eigenvalue weighted by molar-refractivity contribution is 6.35. The number of benzene rings is 2. The average molecular weight is 392 g/mol. The van der Waals surface area contributed by atoms with Crippen molar-refractivity contribution in [3.05, 3.63) is 65.4 Å². The van der Waals surface area contributed by atoms with Crippen LogP contribution < -0.4 is 9.47 Å². The molecule has 1 saturated heterocycles. The van der Waals surface area contributed by atoms with Gasteiger partial charge < -0.3 is 14.4 Å². The van der Waals surface area contributed by atoms with Crippen molar-refractivity contribution in [3.8, 4) is 11.5 Å². The molecule has 2 aromatic carbocycles. The van der Waals surface area contributed by atoms with Gasteiger partial charge in [0.15, 0.2) is 0 Å². The number of para-hydroxylation sites is 1. The number of ether oxygens (including phenoxy) is 2. The normalized spacial score (nSPS) is 16.8. The second kappa shape index (κ2) is 7.99. The van der Waals surface area contributed by atoms with Crippen LogP contribution in [0.4, 0.5) is 0 Å². The predicted molar refractivity (Wildman–Crippen MR) is 109 cm³/mol. The average Bonchev–Trinajstić information content (AvgIpc) is 3.36. The summed E-state index contributed by atoms with van der Waals surface area (Å²) in [5, 5.41) is 0. The first-order valence-electron chi connectivity index (χ1n) is 9.75. The van der Waals surface area contributed by atoms with E-state index >= 15 is 0 Å². The third-order valence-electron chi connectivity index (χ3n) is 5.44. The van der Waals surface area contributed by atoms with E-state index in [2.05, 4.69) is 0 Å². The molecule has 29 heavy (non-hydrogen) atoms. The number of hydrogen-bond acceptors (Lipinski definition) is 5. The van der Waals surface area contributed by atoms with Crippen molar-refractivity contribution < 1.29 is 19.1 Å². The van der Waals surface area contributed by atoms with Crippen molar-refractivity contribution in [2.45, 2.75) is 19.4 Å².